The molecule has 3 rings (SSSR count). The molecule has 3 aromatic rings. The van der Waals surface area contributed by atoms with Gasteiger partial charge in [-0.1, -0.05) is 6.07 Å². The number of rotatable bonds is 2. The summed E-state index contributed by atoms with van der Waals surface area (Å²) < 4.78 is 6.43. The second kappa shape index (κ2) is 4.67. The maximum Gasteiger partial charge on any atom is 0.124 e. The van der Waals surface area contributed by atoms with E-state index in [0.717, 1.165) is 21.8 Å². The largest absolute Gasteiger partial charge is 0.497 e. The van der Waals surface area contributed by atoms with Gasteiger partial charge in [-0.3, -0.25) is 0 Å². The minimum Gasteiger partial charge on any atom is -0.497 e. The third kappa shape index (κ3) is 2.22. The molecule has 0 atom stereocenters. The molecule has 96 valence electrons. The molecule has 3 heteroatoms. The van der Waals surface area contributed by atoms with Crippen LogP contribution >= 0.6 is 11.3 Å². The molecule has 0 aliphatic heterocycles. The molecule has 0 spiro atoms. The standard InChI is InChI=1S/C16H15NOS/c1-10-8-11(2)15-14(9-10)19-16(17-15)12-4-6-13(18-3)7-5-12/h4-9H,1-3H3. The predicted molar refractivity (Wildman–Crippen MR) is 81.1 cm³/mol. The predicted octanol–water partition coefficient (Wildman–Crippen LogP) is 4.59. The SMILES string of the molecule is COc1ccc(-c2nc3c(C)cc(C)cc3s2)cc1. The molecule has 0 aliphatic rings. The van der Waals surface area contributed by atoms with Gasteiger partial charge in [-0.2, -0.15) is 0 Å². The van der Waals surface area contributed by atoms with E-state index in [1.807, 2.05) is 12.1 Å². The van der Waals surface area contributed by atoms with Crippen molar-refractivity contribution in [2.45, 2.75) is 13.8 Å². The van der Waals surface area contributed by atoms with E-state index in [-0.39, 0.29) is 0 Å². The number of aromatic nitrogens is 1. The topological polar surface area (TPSA) is 22.1 Å². The lowest BCUT2D eigenvalue weighted by Gasteiger charge is -1.99. The first-order valence-electron chi connectivity index (χ1n) is 6.19. The highest BCUT2D eigenvalue weighted by atomic mass is 32.1. The van der Waals surface area contributed by atoms with Crippen molar-refractivity contribution in [3.05, 3.63) is 47.5 Å². The number of hydrogen-bond acceptors (Lipinski definition) is 3. The highest BCUT2D eigenvalue weighted by molar-refractivity contribution is 7.21. The smallest absolute Gasteiger partial charge is 0.124 e. The number of ether oxygens (including phenoxy) is 1. The molecule has 19 heavy (non-hydrogen) atoms. The van der Waals surface area contributed by atoms with Crippen LogP contribution in [0.3, 0.4) is 0 Å². The highest BCUT2D eigenvalue weighted by Gasteiger charge is 2.08. The summed E-state index contributed by atoms with van der Waals surface area (Å²) in [4.78, 5) is 4.76. The summed E-state index contributed by atoms with van der Waals surface area (Å²) >= 11 is 1.74. The summed E-state index contributed by atoms with van der Waals surface area (Å²) in [6.45, 7) is 4.24. The van der Waals surface area contributed by atoms with E-state index in [0.29, 0.717) is 0 Å². The molecule has 1 aromatic heterocycles. The van der Waals surface area contributed by atoms with Crippen molar-refractivity contribution in [2.24, 2.45) is 0 Å². The quantitative estimate of drug-likeness (QED) is 0.679. The van der Waals surface area contributed by atoms with Crippen LogP contribution in [-0.2, 0) is 0 Å². The van der Waals surface area contributed by atoms with Crippen LogP contribution in [0.4, 0.5) is 0 Å². The second-order valence-electron chi connectivity index (χ2n) is 4.68. The van der Waals surface area contributed by atoms with Crippen LogP contribution in [-0.4, -0.2) is 12.1 Å². The Bertz CT molecular complexity index is 728. The zero-order valence-electron chi connectivity index (χ0n) is 11.2. The van der Waals surface area contributed by atoms with Crippen molar-refractivity contribution in [2.75, 3.05) is 7.11 Å². The number of hydrogen-bond donors (Lipinski definition) is 0. The Morgan fingerprint density at radius 3 is 2.47 bits per heavy atom. The Balaban J connectivity index is 2.12. The number of thiazole rings is 1. The molecule has 0 bridgehead atoms. The van der Waals surface area contributed by atoms with Crippen LogP contribution in [0.5, 0.6) is 5.75 Å². The van der Waals surface area contributed by atoms with Crippen LogP contribution in [0.1, 0.15) is 11.1 Å². The third-order valence-corrected chi connectivity index (χ3v) is 4.22. The van der Waals surface area contributed by atoms with Gasteiger partial charge in [-0.25, -0.2) is 4.98 Å². The fraction of sp³-hybridized carbons (Fsp3) is 0.188. The fourth-order valence-corrected chi connectivity index (χ4v) is 3.37. The van der Waals surface area contributed by atoms with Crippen molar-refractivity contribution in [3.8, 4) is 16.3 Å². The molecule has 0 N–H and O–H groups in total. The normalized spacial score (nSPS) is 10.9. The molecule has 0 aliphatic carbocycles. The highest BCUT2D eigenvalue weighted by Crippen LogP contribution is 2.33. The molecular weight excluding hydrogens is 254 g/mol. The summed E-state index contributed by atoms with van der Waals surface area (Å²) in [6, 6.07) is 12.4. The van der Waals surface area contributed by atoms with Crippen molar-refractivity contribution in [1.82, 2.24) is 4.98 Å². The average Bonchev–Trinajstić information content (AvgIpc) is 2.83. The Hall–Kier alpha value is -1.87. The van der Waals surface area contributed by atoms with Crippen LogP contribution in [0, 0.1) is 13.8 Å². The summed E-state index contributed by atoms with van der Waals surface area (Å²) in [5, 5.41) is 1.06. The molecule has 1 heterocycles. The lowest BCUT2D eigenvalue weighted by molar-refractivity contribution is 0.415. The van der Waals surface area contributed by atoms with Gasteiger partial charge in [-0.15, -0.1) is 11.3 Å². The second-order valence-corrected chi connectivity index (χ2v) is 5.71. The van der Waals surface area contributed by atoms with Gasteiger partial charge in [0.2, 0.25) is 0 Å². The first-order chi connectivity index (χ1) is 9.17. The van der Waals surface area contributed by atoms with E-state index in [1.165, 1.54) is 15.8 Å². The van der Waals surface area contributed by atoms with Gasteiger partial charge >= 0.3 is 0 Å². The van der Waals surface area contributed by atoms with Gasteiger partial charge in [-0.05, 0) is 55.3 Å². The zero-order chi connectivity index (χ0) is 13.4. The fourth-order valence-electron chi connectivity index (χ4n) is 2.23. The van der Waals surface area contributed by atoms with Gasteiger partial charge < -0.3 is 4.74 Å². The Labute approximate surface area is 116 Å². The Morgan fingerprint density at radius 1 is 1.05 bits per heavy atom. The van der Waals surface area contributed by atoms with Gasteiger partial charge in [0.25, 0.3) is 0 Å². The molecule has 0 radical (unpaired) electrons. The number of aryl methyl sites for hydroxylation is 2. The number of methoxy groups -OCH3 is 1. The van der Waals surface area contributed by atoms with Gasteiger partial charge in [0, 0.05) is 5.56 Å². The summed E-state index contributed by atoms with van der Waals surface area (Å²) in [5.41, 5.74) is 4.78. The van der Waals surface area contributed by atoms with E-state index in [9.17, 15) is 0 Å². The van der Waals surface area contributed by atoms with Gasteiger partial charge in [0.1, 0.15) is 10.8 Å². The van der Waals surface area contributed by atoms with Crippen LogP contribution in [0.2, 0.25) is 0 Å². The number of nitrogens with zero attached hydrogens (tertiary/aromatic N) is 1. The maximum absolute atomic E-state index is 5.18. The van der Waals surface area contributed by atoms with E-state index in [1.54, 1.807) is 18.4 Å². The monoisotopic (exact) mass is 269 g/mol. The molecule has 0 saturated carbocycles. The molecule has 0 saturated heterocycles. The maximum atomic E-state index is 5.18. The number of benzene rings is 2. The zero-order valence-corrected chi connectivity index (χ0v) is 12.0. The molecule has 2 aromatic carbocycles. The molecule has 0 unspecified atom stereocenters. The Morgan fingerprint density at radius 2 is 1.79 bits per heavy atom. The summed E-state index contributed by atoms with van der Waals surface area (Å²) in [7, 11) is 1.68. The lowest BCUT2D eigenvalue weighted by Crippen LogP contribution is -1.82. The van der Waals surface area contributed by atoms with Crippen LogP contribution < -0.4 is 4.74 Å². The molecular formula is C16H15NOS. The summed E-state index contributed by atoms with van der Waals surface area (Å²) in [6.07, 6.45) is 0. The first-order valence-corrected chi connectivity index (χ1v) is 7.01. The molecule has 0 amide bonds. The van der Waals surface area contributed by atoms with Crippen LogP contribution in [0.15, 0.2) is 36.4 Å². The third-order valence-electron chi connectivity index (χ3n) is 3.17. The van der Waals surface area contributed by atoms with E-state index in [4.69, 9.17) is 9.72 Å². The average molecular weight is 269 g/mol. The van der Waals surface area contributed by atoms with E-state index < -0.39 is 0 Å². The van der Waals surface area contributed by atoms with Gasteiger partial charge in [0.05, 0.1) is 17.3 Å². The van der Waals surface area contributed by atoms with Crippen molar-refractivity contribution in [3.63, 3.8) is 0 Å². The molecule has 0 fully saturated rings. The lowest BCUT2D eigenvalue weighted by atomic mass is 10.1. The van der Waals surface area contributed by atoms with Crippen molar-refractivity contribution < 1.29 is 4.74 Å². The number of fused-ring (bicyclic) bond motifs is 1. The van der Waals surface area contributed by atoms with Crippen LogP contribution in [0.25, 0.3) is 20.8 Å². The Kier molecular flexibility index (Phi) is 2.99. The minimum atomic E-state index is 0.872. The van der Waals surface area contributed by atoms with Gasteiger partial charge in [0.15, 0.2) is 0 Å². The van der Waals surface area contributed by atoms with E-state index >= 15 is 0 Å². The first kappa shape index (κ1) is 12.2. The minimum absolute atomic E-state index is 0.872. The van der Waals surface area contributed by atoms with Crippen molar-refractivity contribution in [1.29, 1.82) is 0 Å². The van der Waals surface area contributed by atoms with E-state index in [2.05, 4.69) is 38.1 Å². The van der Waals surface area contributed by atoms with Crippen molar-refractivity contribution >= 4 is 21.6 Å². The molecule has 2 nitrogen and oxygen atoms in total. The summed E-state index contributed by atoms with van der Waals surface area (Å²) in [5.74, 6) is 0.872.